The number of rotatable bonds is 5. The number of aromatic nitrogens is 3. The van der Waals surface area contributed by atoms with Gasteiger partial charge >= 0.3 is 0 Å². The van der Waals surface area contributed by atoms with Crippen molar-refractivity contribution in [2.75, 3.05) is 18.4 Å². The summed E-state index contributed by atoms with van der Waals surface area (Å²) in [5.74, 6) is 2.45. The number of nitrogens with one attached hydrogen (secondary N) is 1. The van der Waals surface area contributed by atoms with Crippen molar-refractivity contribution < 1.29 is 13.7 Å². The van der Waals surface area contributed by atoms with Gasteiger partial charge in [-0.15, -0.1) is 10.2 Å². The molecule has 0 saturated carbocycles. The van der Waals surface area contributed by atoms with Crippen LogP contribution in [0.3, 0.4) is 0 Å². The SMILES string of the molecule is CCc1nnc([C@@H](C)N2CCC(C(=O)Nc3cc(C)on3)CC2)o1. The minimum absolute atomic E-state index is 0.00154. The lowest BCUT2D eigenvalue weighted by Gasteiger charge is -2.33. The number of hydrogen-bond donors (Lipinski definition) is 1. The van der Waals surface area contributed by atoms with Crippen LogP contribution in [0.15, 0.2) is 15.0 Å². The molecule has 1 fully saturated rings. The number of piperidine rings is 1. The lowest BCUT2D eigenvalue weighted by molar-refractivity contribution is -0.121. The Bertz CT molecular complexity index is 687. The predicted molar refractivity (Wildman–Crippen MR) is 86.3 cm³/mol. The lowest BCUT2D eigenvalue weighted by atomic mass is 9.95. The highest BCUT2D eigenvalue weighted by Crippen LogP contribution is 2.26. The fourth-order valence-electron chi connectivity index (χ4n) is 2.94. The molecule has 1 aliphatic rings. The van der Waals surface area contributed by atoms with E-state index in [1.165, 1.54) is 0 Å². The van der Waals surface area contributed by atoms with Crippen molar-refractivity contribution in [3.63, 3.8) is 0 Å². The average molecular weight is 333 g/mol. The van der Waals surface area contributed by atoms with Crippen molar-refractivity contribution in [3.05, 3.63) is 23.6 Å². The molecule has 1 saturated heterocycles. The molecule has 1 aliphatic heterocycles. The van der Waals surface area contributed by atoms with E-state index in [-0.39, 0.29) is 17.9 Å². The Labute approximate surface area is 140 Å². The second-order valence-corrected chi connectivity index (χ2v) is 6.19. The second-order valence-electron chi connectivity index (χ2n) is 6.19. The van der Waals surface area contributed by atoms with Crippen molar-refractivity contribution in [1.29, 1.82) is 0 Å². The summed E-state index contributed by atoms with van der Waals surface area (Å²) >= 11 is 0. The fourth-order valence-corrected chi connectivity index (χ4v) is 2.94. The van der Waals surface area contributed by atoms with Gasteiger partial charge in [0.1, 0.15) is 5.76 Å². The molecule has 1 atom stereocenters. The van der Waals surface area contributed by atoms with E-state index in [0.29, 0.717) is 23.4 Å². The summed E-state index contributed by atoms with van der Waals surface area (Å²) in [6, 6.07) is 1.79. The Morgan fingerprint density at radius 2 is 2.17 bits per heavy atom. The third-order valence-electron chi connectivity index (χ3n) is 4.47. The summed E-state index contributed by atoms with van der Waals surface area (Å²) in [5.41, 5.74) is 0. The monoisotopic (exact) mass is 333 g/mol. The van der Waals surface area contributed by atoms with Crippen LogP contribution in [0.1, 0.15) is 50.3 Å². The maximum atomic E-state index is 12.3. The lowest BCUT2D eigenvalue weighted by Crippen LogP contribution is -2.39. The minimum atomic E-state index is -0.0145. The fraction of sp³-hybridized carbons (Fsp3) is 0.625. The van der Waals surface area contributed by atoms with Gasteiger partial charge in [0.25, 0.3) is 0 Å². The van der Waals surface area contributed by atoms with Gasteiger partial charge in [0.15, 0.2) is 5.82 Å². The van der Waals surface area contributed by atoms with Crippen molar-refractivity contribution in [2.24, 2.45) is 5.92 Å². The predicted octanol–water partition coefficient (Wildman–Crippen LogP) is 2.34. The van der Waals surface area contributed by atoms with Gasteiger partial charge in [-0.3, -0.25) is 9.69 Å². The van der Waals surface area contributed by atoms with Crippen molar-refractivity contribution in [1.82, 2.24) is 20.3 Å². The highest BCUT2D eigenvalue weighted by molar-refractivity contribution is 5.91. The zero-order chi connectivity index (χ0) is 17.1. The van der Waals surface area contributed by atoms with E-state index in [9.17, 15) is 4.79 Å². The van der Waals surface area contributed by atoms with E-state index in [4.69, 9.17) is 8.94 Å². The smallest absolute Gasteiger partial charge is 0.233 e. The molecule has 0 bridgehead atoms. The molecule has 8 heteroatoms. The molecular formula is C16H23N5O3. The van der Waals surface area contributed by atoms with Crippen molar-refractivity contribution in [2.45, 2.75) is 46.1 Å². The molecule has 2 aromatic rings. The van der Waals surface area contributed by atoms with Crippen LogP contribution in [0.5, 0.6) is 0 Å². The first-order chi connectivity index (χ1) is 11.6. The molecule has 0 aliphatic carbocycles. The van der Waals surface area contributed by atoms with E-state index < -0.39 is 0 Å². The standard InChI is InChI=1S/C16H23N5O3/c1-4-14-18-19-16(23-14)11(3)21-7-5-12(6-8-21)15(22)17-13-9-10(2)24-20-13/h9,11-12H,4-8H2,1-3H3,(H,17,20,22)/t11-/m1/s1. The van der Waals surface area contributed by atoms with E-state index in [1.807, 2.05) is 6.92 Å². The maximum Gasteiger partial charge on any atom is 0.233 e. The number of anilines is 1. The van der Waals surface area contributed by atoms with Gasteiger partial charge in [0.2, 0.25) is 17.7 Å². The molecule has 3 heterocycles. The van der Waals surface area contributed by atoms with Crippen LogP contribution in [0.4, 0.5) is 5.82 Å². The molecule has 0 radical (unpaired) electrons. The van der Waals surface area contributed by atoms with Crippen LogP contribution in [0.25, 0.3) is 0 Å². The van der Waals surface area contributed by atoms with Crippen LogP contribution in [0, 0.1) is 12.8 Å². The van der Waals surface area contributed by atoms with E-state index in [0.717, 1.165) is 32.4 Å². The molecule has 1 N–H and O–H groups in total. The van der Waals surface area contributed by atoms with Gasteiger partial charge in [-0.2, -0.15) is 0 Å². The summed E-state index contributed by atoms with van der Waals surface area (Å²) < 4.78 is 10.6. The summed E-state index contributed by atoms with van der Waals surface area (Å²) in [7, 11) is 0. The summed E-state index contributed by atoms with van der Waals surface area (Å²) in [5, 5.41) is 14.8. The highest BCUT2D eigenvalue weighted by atomic mass is 16.5. The van der Waals surface area contributed by atoms with Crippen LogP contribution in [0.2, 0.25) is 0 Å². The molecule has 0 unspecified atom stereocenters. The third-order valence-corrected chi connectivity index (χ3v) is 4.47. The molecule has 24 heavy (non-hydrogen) atoms. The van der Waals surface area contributed by atoms with Crippen molar-refractivity contribution in [3.8, 4) is 0 Å². The van der Waals surface area contributed by atoms with E-state index >= 15 is 0 Å². The number of aryl methyl sites for hydroxylation is 2. The number of nitrogens with zero attached hydrogens (tertiary/aromatic N) is 4. The summed E-state index contributed by atoms with van der Waals surface area (Å²) in [6.45, 7) is 7.49. The quantitative estimate of drug-likeness (QED) is 0.896. The number of carbonyl (C=O) groups is 1. The average Bonchev–Trinajstić information content (AvgIpc) is 3.23. The Balaban J connectivity index is 1.52. The topological polar surface area (TPSA) is 97.3 Å². The van der Waals surface area contributed by atoms with Crippen LogP contribution in [-0.2, 0) is 11.2 Å². The van der Waals surface area contributed by atoms with Crippen LogP contribution < -0.4 is 5.32 Å². The first kappa shape index (κ1) is 16.6. The first-order valence-corrected chi connectivity index (χ1v) is 8.37. The molecule has 2 aromatic heterocycles. The normalized spacial score (nSPS) is 17.8. The first-order valence-electron chi connectivity index (χ1n) is 8.37. The van der Waals surface area contributed by atoms with Crippen molar-refractivity contribution >= 4 is 11.7 Å². The highest BCUT2D eigenvalue weighted by Gasteiger charge is 2.30. The van der Waals surface area contributed by atoms with E-state index in [2.05, 4.69) is 32.5 Å². The molecule has 0 spiro atoms. The number of amides is 1. The zero-order valence-electron chi connectivity index (χ0n) is 14.3. The number of likely N-dealkylation sites (tertiary alicyclic amines) is 1. The zero-order valence-corrected chi connectivity index (χ0v) is 14.3. The van der Waals surface area contributed by atoms with Crippen LogP contribution >= 0.6 is 0 Å². The Morgan fingerprint density at radius 3 is 2.75 bits per heavy atom. The number of hydrogen-bond acceptors (Lipinski definition) is 7. The Hall–Kier alpha value is -2.22. The molecule has 130 valence electrons. The number of carbonyl (C=O) groups excluding carboxylic acids is 1. The Kier molecular flexibility index (Phi) is 4.94. The van der Waals surface area contributed by atoms with E-state index in [1.54, 1.807) is 13.0 Å². The molecule has 3 rings (SSSR count). The molecule has 8 nitrogen and oxygen atoms in total. The van der Waals surface area contributed by atoms with Crippen LogP contribution in [-0.4, -0.2) is 39.3 Å². The largest absolute Gasteiger partial charge is 0.424 e. The maximum absolute atomic E-state index is 12.3. The van der Waals surface area contributed by atoms with Gasteiger partial charge in [0.05, 0.1) is 6.04 Å². The second kappa shape index (κ2) is 7.12. The molecule has 1 amide bonds. The summed E-state index contributed by atoms with van der Waals surface area (Å²) in [6.07, 6.45) is 2.33. The molecular weight excluding hydrogens is 310 g/mol. The third kappa shape index (κ3) is 3.64. The van der Waals surface area contributed by atoms with Gasteiger partial charge in [-0.1, -0.05) is 12.1 Å². The van der Waals surface area contributed by atoms with Gasteiger partial charge in [0, 0.05) is 18.4 Å². The minimum Gasteiger partial charge on any atom is -0.424 e. The van der Waals surface area contributed by atoms with Gasteiger partial charge < -0.3 is 14.3 Å². The molecule has 0 aromatic carbocycles. The van der Waals surface area contributed by atoms with Gasteiger partial charge in [-0.05, 0) is 39.8 Å². The van der Waals surface area contributed by atoms with Gasteiger partial charge in [-0.25, -0.2) is 0 Å². The summed E-state index contributed by atoms with van der Waals surface area (Å²) in [4.78, 5) is 14.6. The Morgan fingerprint density at radius 1 is 1.42 bits per heavy atom.